The lowest BCUT2D eigenvalue weighted by Gasteiger charge is -2.29. The van der Waals surface area contributed by atoms with Gasteiger partial charge in [0.25, 0.3) is 0 Å². The first-order valence-electron chi connectivity index (χ1n) is 5.99. The number of imidazole rings is 1. The van der Waals surface area contributed by atoms with Gasteiger partial charge in [-0.05, 0) is 12.8 Å². The van der Waals surface area contributed by atoms with Crippen LogP contribution in [0.25, 0.3) is 5.82 Å². The molecule has 2 heterocycles. The molecule has 5 N–H and O–H groups in total. The third kappa shape index (κ3) is 2.46. The van der Waals surface area contributed by atoms with Crippen molar-refractivity contribution in [1.29, 1.82) is 0 Å². The zero-order chi connectivity index (χ0) is 13.2. The van der Waals surface area contributed by atoms with E-state index in [1.807, 2.05) is 11.6 Å². The third-order valence-electron chi connectivity index (χ3n) is 2.99. The van der Waals surface area contributed by atoms with Gasteiger partial charge in [0, 0.05) is 27.2 Å². The summed E-state index contributed by atoms with van der Waals surface area (Å²) in [6.07, 6.45) is 4.23. The smallest absolute Gasteiger partial charge is 0.185 e. The van der Waals surface area contributed by atoms with Gasteiger partial charge in [-0.25, -0.2) is 9.98 Å². The summed E-state index contributed by atoms with van der Waals surface area (Å²) in [6.45, 7) is 0.726. The second-order valence-electron chi connectivity index (χ2n) is 4.55. The predicted octanol–water partition coefficient (Wildman–Crippen LogP) is -1.90. The fourth-order valence-corrected chi connectivity index (χ4v) is 2.08. The lowest BCUT2D eigenvalue weighted by Crippen LogP contribution is -2.60. The molecular formula is C11H20N6O. The minimum atomic E-state index is -0.862. The summed E-state index contributed by atoms with van der Waals surface area (Å²) in [7, 11) is 3.56. The maximum absolute atomic E-state index is 6.19. The topological polar surface area (TPSA) is 103 Å². The zero-order valence-corrected chi connectivity index (χ0v) is 10.8. The molecule has 0 saturated carbocycles. The molecule has 0 aliphatic carbocycles. The van der Waals surface area contributed by atoms with Gasteiger partial charge in [-0.1, -0.05) is 0 Å². The summed E-state index contributed by atoms with van der Waals surface area (Å²) < 4.78 is 6.83. The van der Waals surface area contributed by atoms with Gasteiger partial charge in [-0.3, -0.25) is 5.73 Å². The number of hydrogen-bond acceptors (Lipinski definition) is 6. The molecule has 18 heavy (non-hydrogen) atoms. The van der Waals surface area contributed by atoms with E-state index >= 15 is 0 Å². The van der Waals surface area contributed by atoms with Gasteiger partial charge in [0.15, 0.2) is 11.3 Å². The first-order valence-corrected chi connectivity index (χ1v) is 5.99. The number of ether oxygens (including phenoxy) is 1. The Balaban J connectivity index is 2.17. The first-order chi connectivity index (χ1) is 8.56. The van der Waals surface area contributed by atoms with E-state index in [0.717, 1.165) is 24.8 Å². The van der Waals surface area contributed by atoms with Crippen LogP contribution in [0.2, 0.25) is 0 Å². The Hall–Kier alpha value is -1.60. The SMILES string of the molecule is COCCCCC1(N)N=c2ncn(C)c2=C(N)N1. The number of unbranched alkanes of at least 4 members (excludes halogenated alkanes) is 1. The highest BCUT2D eigenvalue weighted by atomic mass is 16.5. The lowest BCUT2D eigenvalue weighted by molar-refractivity contribution is 0.187. The lowest BCUT2D eigenvalue weighted by atomic mass is 10.1. The molecule has 1 unspecified atom stereocenters. The number of nitrogens with two attached hydrogens (primary N) is 2. The van der Waals surface area contributed by atoms with Crippen molar-refractivity contribution in [2.75, 3.05) is 13.7 Å². The van der Waals surface area contributed by atoms with E-state index < -0.39 is 5.79 Å². The molecule has 1 aliphatic heterocycles. The summed E-state index contributed by atoms with van der Waals surface area (Å²) in [5.41, 5.74) is 12.8. The Labute approximate surface area is 106 Å². The maximum Gasteiger partial charge on any atom is 0.185 e. The van der Waals surface area contributed by atoms with E-state index in [0.29, 0.717) is 17.7 Å². The van der Waals surface area contributed by atoms with Gasteiger partial charge in [0.2, 0.25) is 0 Å². The molecule has 100 valence electrons. The van der Waals surface area contributed by atoms with E-state index in [2.05, 4.69) is 15.3 Å². The van der Waals surface area contributed by atoms with Crippen molar-refractivity contribution in [3.05, 3.63) is 17.2 Å². The summed E-state index contributed by atoms with van der Waals surface area (Å²) in [4.78, 5) is 8.64. The number of rotatable bonds is 5. The van der Waals surface area contributed by atoms with Crippen LogP contribution in [0.5, 0.6) is 0 Å². The van der Waals surface area contributed by atoms with Crippen LogP contribution in [0.15, 0.2) is 11.3 Å². The van der Waals surface area contributed by atoms with E-state index in [4.69, 9.17) is 16.2 Å². The molecule has 0 amide bonds. The normalized spacial score (nSPS) is 22.3. The zero-order valence-electron chi connectivity index (χ0n) is 10.8. The average molecular weight is 252 g/mol. The monoisotopic (exact) mass is 252 g/mol. The molecule has 0 spiro atoms. The van der Waals surface area contributed by atoms with Crippen LogP contribution in [-0.2, 0) is 11.8 Å². The molecule has 1 aliphatic rings. The van der Waals surface area contributed by atoms with E-state index in [-0.39, 0.29) is 0 Å². The second kappa shape index (κ2) is 4.95. The van der Waals surface area contributed by atoms with E-state index in [1.165, 1.54) is 0 Å². The molecule has 1 aromatic heterocycles. The maximum atomic E-state index is 6.19. The summed E-state index contributed by atoms with van der Waals surface area (Å²) >= 11 is 0. The van der Waals surface area contributed by atoms with Gasteiger partial charge < -0.3 is 20.4 Å². The van der Waals surface area contributed by atoms with Crippen LogP contribution in [0.3, 0.4) is 0 Å². The van der Waals surface area contributed by atoms with Crippen molar-refractivity contribution in [2.45, 2.75) is 25.0 Å². The Morgan fingerprint density at radius 2 is 2.28 bits per heavy atom. The van der Waals surface area contributed by atoms with Crippen LogP contribution >= 0.6 is 0 Å². The van der Waals surface area contributed by atoms with Crippen LogP contribution in [0.4, 0.5) is 0 Å². The highest BCUT2D eigenvalue weighted by Crippen LogP contribution is 2.11. The molecule has 0 saturated heterocycles. The second-order valence-corrected chi connectivity index (χ2v) is 4.55. The predicted molar refractivity (Wildman–Crippen MR) is 67.4 cm³/mol. The number of fused-ring (bicyclic) bond motifs is 1. The molecule has 0 aromatic carbocycles. The first kappa shape index (κ1) is 12.8. The van der Waals surface area contributed by atoms with Crippen molar-refractivity contribution in [3.63, 3.8) is 0 Å². The molecule has 0 radical (unpaired) electrons. The van der Waals surface area contributed by atoms with Crippen molar-refractivity contribution in [2.24, 2.45) is 23.5 Å². The minimum absolute atomic E-state index is 0.522. The highest BCUT2D eigenvalue weighted by Gasteiger charge is 2.27. The van der Waals surface area contributed by atoms with Gasteiger partial charge >= 0.3 is 0 Å². The number of nitrogens with zero attached hydrogens (tertiary/aromatic N) is 3. The molecule has 7 heteroatoms. The van der Waals surface area contributed by atoms with Crippen LogP contribution in [-0.4, -0.2) is 29.1 Å². The Morgan fingerprint density at radius 1 is 1.50 bits per heavy atom. The fourth-order valence-electron chi connectivity index (χ4n) is 2.08. The molecule has 0 fully saturated rings. The van der Waals surface area contributed by atoms with Crippen molar-refractivity contribution in [1.82, 2.24) is 14.9 Å². The Kier molecular flexibility index (Phi) is 3.53. The quantitative estimate of drug-likeness (QED) is 0.531. The molecule has 7 nitrogen and oxygen atoms in total. The number of aryl methyl sites for hydroxylation is 1. The summed E-state index contributed by atoms with van der Waals surface area (Å²) in [6, 6.07) is 0. The number of methoxy groups -OCH3 is 1. The van der Waals surface area contributed by atoms with Crippen molar-refractivity contribution >= 4 is 5.82 Å². The van der Waals surface area contributed by atoms with Gasteiger partial charge in [0.1, 0.15) is 11.2 Å². The standard InChI is InChI=1S/C11H20N6O/c1-17-7-14-10-8(17)9(12)15-11(13,16-10)5-3-4-6-18-2/h7,15H,3-6,12-13H2,1-2H3. The van der Waals surface area contributed by atoms with Crippen LogP contribution in [0, 0.1) is 0 Å². The largest absolute Gasteiger partial charge is 0.385 e. The Bertz CT molecular complexity index is 536. The number of hydrogen-bond donors (Lipinski definition) is 3. The van der Waals surface area contributed by atoms with Crippen LogP contribution < -0.4 is 27.6 Å². The summed E-state index contributed by atoms with van der Waals surface area (Å²) in [5.74, 6) is -0.339. The van der Waals surface area contributed by atoms with Gasteiger partial charge in [0.05, 0.1) is 6.33 Å². The minimum Gasteiger partial charge on any atom is -0.385 e. The molecular weight excluding hydrogens is 232 g/mol. The number of aromatic nitrogens is 2. The third-order valence-corrected chi connectivity index (χ3v) is 2.99. The van der Waals surface area contributed by atoms with Gasteiger partial charge in [-0.2, -0.15) is 0 Å². The van der Waals surface area contributed by atoms with Crippen molar-refractivity contribution < 1.29 is 4.74 Å². The Morgan fingerprint density at radius 3 is 3.00 bits per heavy atom. The molecule has 1 aromatic rings. The van der Waals surface area contributed by atoms with E-state index in [1.54, 1.807) is 13.4 Å². The molecule has 1 atom stereocenters. The number of nitrogens with one attached hydrogen (secondary N) is 1. The van der Waals surface area contributed by atoms with Crippen molar-refractivity contribution in [3.8, 4) is 0 Å². The van der Waals surface area contributed by atoms with Crippen LogP contribution in [0.1, 0.15) is 19.3 Å². The fraction of sp³-hybridized carbons (Fsp3) is 0.636. The van der Waals surface area contributed by atoms with Gasteiger partial charge in [-0.15, -0.1) is 0 Å². The molecule has 0 bridgehead atoms. The average Bonchev–Trinajstić information content (AvgIpc) is 2.66. The highest BCUT2D eigenvalue weighted by molar-refractivity contribution is 5.37. The van der Waals surface area contributed by atoms with E-state index in [9.17, 15) is 0 Å². The summed E-state index contributed by atoms with van der Waals surface area (Å²) in [5, 5.41) is 3.84. The molecule has 2 rings (SSSR count).